The Labute approximate surface area is 187 Å². The van der Waals surface area contributed by atoms with Gasteiger partial charge >= 0.3 is 0 Å². The first-order valence-corrected chi connectivity index (χ1v) is 12.0. The predicted molar refractivity (Wildman–Crippen MR) is 120 cm³/mol. The van der Waals surface area contributed by atoms with Crippen LogP contribution in [0, 0.1) is 5.82 Å². The van der Waals surface area contributed by atoms with Gasteiger partial charge in [-0.2, -0.15) is 0 Å². The molecule has 10 heteroatoms. The number of halogens is 1. The maximum atomic E-state index is 13.8. The van der Waals surface area contributed by atoms with Crippen molar-refractivity contribution in [3.05, 3.63) is 75.6 Å². The van der Waals surface area contributed by atoms with Crippen LogP contribution in [0.15, 0.2) is 52.2 Å². The summed E-state index contributed by atoms with van der Waals surface area (Å²) < 4.78 is 43.1. The lowest BCUT2D eigenvalue weighted by molar-refractivity contribution is 0.0333. The fourth-order valence-corrected chi connectivity index (χ4v) is 4.97. The molecule has 33 heavy (non-hydrogen) atoms. The lowest BCUT2D eigenvalue weighted by atomic mass is 9.95. The van der Waals surface area contributed by atoms with E-state index in [1.54, 1.807) is 25.2 Å². The quantitative estimate of drug-likeness (QED) is 0.479. The van der Waals surface area contributed by atoms with E-state index in [1.807, 2.05) is 0 Å². The third-order valence-corrected chi connectivity index (χ3v) is 7.11. The van der Waals surface area contributed by atoms with Gasteiger partial charge < -0.3 is 19.6 Å². The highest BCUT2D eigenvalue weighted by Crippen LogP contribution is 2.34. The van der Waals surface area contributed by atoms with Crippen molar-refractivity contribution in [2.24, 2.45) is 0 Å². The fraction of sp³-hybridized carbons (Fsp3) is 0.217. The maximum Gasteiger partial charge on any atom is 0.270 e. The van der Waals surface area contributed by atoms with Gasteiger partial charge in [-0.05, 0) is 41.8 Å². The number of rotatable bonds is 3. The number of amides is 1. The number of carbonyl (C=O) groups is 1. The summed E-state index contributed by atoms with van der Waals surface area (Å²) in [4.78, 5) is 33.2. The minimum atomic E-state index is -3.38. The monoisotopic (exact) mass is 469 g/mol. The van der Waals surface area contributed by atoms with Gasteiger partial charge in [-0.25, -0.2) is 12.8 Å². The first-order valence-electron chi connectivity index (χ1n) is 10.2. The van der Waals surface area contributed by atoms with E-state index in [2.05, 4.69) is 9.97 Å². The molecule has 2 N–H and O–H groups in total. The number of nitrogens with zero attached hydrogens (tertiary/aromatic N) is 1. The van der Waals surface area contributed by atoms with Crippen LogP contribution in [0.1, 0.15) is 27.8 Å². The molecule has 0 aliphatic carbocycles. The molecule has 170 valence electrons. The van der Waals surface area contributed by atoms with Crippen LogP contribution in [-0.4, -0.2) is 49.1 Å². The molecule has 0 unspecified atom stereocenters. The molecule has 5 rings (SSSR count). The summed E-state index contributed by atoms with van der Waals surface area (Å²) in [6.07, 6.45) is 1.13. The van der Waals surface area contributed by atoms with E-state index in [4.69, 9.17) is 4.74 Å². The van der Waals surface area contributed by atoms with Gasteiger partial charge in [-0.15, -0.1) is 0 Å². The lowest BCUT2D eigenvalue weighted by Crippen LogP contribution is -2.37. The normalized spacial score (nSPS) is 16.2. The number of benzene rings is 2. The van der Waals surface area contributed by atoms with Crippen LogP contribution >= 0.6 is 0 Å². The van der Waals surface area contributed by atoms with Crippen LogP contribution in [0.25, 0.3) is 21.7 Å². The van der Waals surface area contributed by atoms with E-state index in [9.17, 15) is 22.4 Å². The smallest absolute Gasteiger partial charge is 0.270 e. The Hall–Kier alpha value is -3.50. The number of hydrogen-bond donors (Lipinski definition) is 2. The second kappa shape index (κ2) is 7.53. The first kappa shape index (κ1) is 21.4. The van der Waals surface area contributed by atoms with E-state index in [-0.39, 0.29) is 35.1 Å². The van der Waals surface area contributed by atoms with Gasteiger partial charge in [0, 0.05) is 35.5 Å². The van der Waals surface area contributed by atoms with Crippen molar-refractivity contribution in [3.8, 4) is 0 Å². The predicted octanol–water partition coefficient (Wildman–Crippen LogP) is 2.90. The summed E-state index contributed by atoms with van der Waals surface area (Å²) in [5, 5.41) is 1.37. The number of aromatic nitrogens is 2. The van der Waals surface area contributed by atoms with Crippen LogP contribution < -0.4 is 5.56 Å². The van der Waals surface area contributed by atoms with E-state index in [0.29, 0.717) is 27.5 Å². The summed E-state index contributed by atoms with van der Waals surface area (Å²) in [6.45, 7) is 0.378. The Bertz CT molecular complexity index is 1610. The van der Waals surface area contributed by atoms with Crippen molar-refractivity contribution < 1.29 is 22.3 Å². The van der Waals surface area contributed by atoms with Gasteiger partial charge in [0.05, 0.1) is 29.5 Å². The van der Waals surface area contributed by atoms with Gasteiger partial charge in [0.2, 0.25) is 0 Å². The number of hydrogen-bond acceptors (Lipinski definition) is 5. The highest BCUT2D eigenvalue weighted by atomic mass is 32.2. The molecule has 2 aromatic carbocycles. The Morgan fingerprint density at radius 1 is 1.12 bits per heavy atom. The molecule has 8 nitrogen and oxygen atoms in total. The Morgan fingerprint density at radius 2 is 1.91 bits per heavy atom. The largest absolute Gasteiger partial charge is 0.373 e. The third-order valence-electron chi connectivity index (χ3n) is 6.00. The van der Waals surface area contributed by atoms with E-state index >= 15 is 0 Å². The zero-order valence-electron chi connectivity index (χ0n) is 17.8. The number of carbonyl (C=O) groups excluding carboxylic acids is 1. The number of aromatic amines is 2. The van der Waals surface area contributed by atoms with Crippen LogP contribution in [0.2, 0.25) is 0 Å². The van der Waals surface area contributed by atoms with E-state index in [0.717, 1.165) is 6.26 Å². The van der Waals surface area contributed by atoms with Crippen LogP contribution in [0.3, 0.4) is 0 Å². The summed E-state index contributed by atoms with van der Waals surface area (Å²) in [5.74, 6) is -0.859. The van der Waals surface area contributed by atoms with Gasteiger partial charge in [-0.3, -0.25) is 9.59 Å². The van der Waals surface area contributed by atoms with Crippen molar-refractivity contribution in [1.82, 2.24) is 14.9 Å². The second-order valence-corrected chi connectivity index (χ2v) is 10.2. The highest BCUT2D eigenvalue weighted by molar-refractivity contribution is 7.90. The molecule has 2 aromatic heterocycles. The van der Waals surface area contributed by atoms with Crippen LogP contribution in [0.5, 0.6) is 0 Å². The SMILES string of the molecule is CN(C(=O)c1cc2cc(S(C)(=O)=O)ccc2[nH]1)[C@H]1COCc2[nH]c(=O)c3cc(F)ccc3c21. The minimum Gasteiger partial charge on any atom is -0.373 e. The van der Waals surface area contributed by atoms with Crippen LogP contribution in [0.4, 0.5) is 4.39 Å². The van der Waals surface area contributed by atoms with Crippen molar-refractivity contribution in [3.63, 3.8) is 0 Å². The molecule has 0 radical (unpaired) electrons. The number of likely N-dealkylation sites (N-methyl/N-ethyl adjacent to an activating group) is 1. The molecular formula is C23H20FN3O5S. The maximum absolute atomic E-state index is 13.8. The van der Waals surface area contributed by atoms with E-state index < -0.39 is 27.3 Å². The Balaban J connectivity index is 1.57. The van der Waals surface area contributed by atoms with Gasteiger partial charge in [0.1, 0.15) is 11.5 Å². The van der Waals surface area contributed by atoms with Gasteiger partial charge in [0.25, 0.3) is 11.5 Å². The first-order chi connectivity index (χ1) is 15.6. The molecule has 4 aromatic rings. The van der Waals surface area contributed by atoms with Crippen molar-refractivity contribution in [1.29, 1.82) is 0 Å². The highest BCUT2D eigenvalue weighted by Gasteiger charge is 2.31. The Kier molecular flexibility index (Phi) is 4.87. The molecule has 0 saturated heterocycles. The molecule has 0 fully saturated rings. The second-order valence-electron chi connectivity index (χ2n) is 8.19. The molecule has 3 heterocycles. The zero-order chi connectivity index (χ0) is 23.5. The average Bonchev–Trinajstić information content (AvgIpc) is 3.21. The topological polar surface area (TPSA) is 112 Å². The van der Waals surface area contributed by atoms with Crippen LogP contribution in [-0.2, 0) is 21.2 Å². The standard InChI is InChI=1S/C23H20FN3O5S/c1-27(23(29)18-8-12-7-14(33(2,30)31)4-6-17(12)25-18)20-11-32-10-19-21(20)15-5-3-13(24)9-16(15)22(28)26-19/h3-9,20,25H,10-11H2,1-2H3,(H,26,28)/t20-/m0/s1. The number of ether oxygens (including phenoxy) is 1. The number of fused-ring (bicyclic) bond motifs is 4. The number of pyridine rings is 1. The third kappa shape index (κ3) is 3.61. The molecule has 1 aliphatic heterocycles. The summed E-state index contributed by atoms with van der Waals surface area (Å²) >= 11 is 0. The number of H-pyrrole nitrogens is 2. The molecular weight excluding hydrogens is 449 g/mol. The molecule has 1 aliphatic rings. The zero-order valence-corrected chi connectivity index (χ0v) is 18.6. The van der Waals surface area contributed by atoms with Gasteiger partial charge in [-0.1, -0.05) is 6.07 Å². The Morgan fingerprint density at radius 3 is 2.67 bits per heavy atom. The molecule has 0 spiro atoms. The minimum absolute atomic E-state index is 0.165. The average molecular weight is 469 g/mol. The summed E-state index contributed by atoms with van der Waals surface area (Å²) in [5.41, 5.74) is 1.75. The van der Waals surface area contributed by atoms with Crippen molar-refractivity contribution >= 4 is 37.4 Å². The lowest BCUT2D eigenvalue weighted by Gasteiger charge is -2.33. The summed E-state index contributed by atoms with van der Waals surface area (Å²) in [7, 11) is -1.76. The fourth-order valence-electron chi connectivity index (χ4n) is 4.32. The molecule has 0 saturated carbocycles. The van der Waals surface area contributed by atoms with Crippen molar-refractivity contribution in [2.75, 3.05) is 19.9 Å². The molecule has 1 amide bonds. The number of sulfone groups is 1. The molecule has 0 bridgehead atoms. The van der Waals surface area contributed by atoms with Gasteiger partial charge in [0.15, 0.2) is 9.84 Å². The van der Waals surface area contributed by atoms with E-state index in [1.165, 1.54) is 29.2 Å². The van der Waals surface area contributed by atoms with Crippen molar-refractivity contribution in [2.45, 2.75) is 17.5 Å². The molecule has 1 atom stereocenters. The summed E-state index contributed by atoms with van der Waals surface area (Å²) in [6, 6.07) is 9.72. The number of nitrogens with one attached hydrogen (secondary N) is 2.